The van der Waals surface area contributed by atoms with Gasteiger partial charge in [0.15, 0.2) is 0 Å². The monoisotopic (exact) mass is 415 g/mol. The number of hydrogen-bond donors (Lipinski definition) is 0. The summed E-state index contributed by atoms with van der Waals surface area (Å²) in [4.78, 5) is 20.0. The highest BCUT2D eigenvalue weighted by molar-refractivity contribution is 5.77. The van der Waals surface area contributed by atoms with E-state index in [0.29, 0.717) is 17.9 Å². The average Bonchev–Trinajstić information content (AvgIpc) is 3.18. The van der Waals surface area contributed by atoms with Crippen LogP contribution in [-0.2, 0) is 11.2 Å². The Morgan fingerprint density at radius 3 is 2.35 bits per heavy atom. The van der Waals surface area contributed by atoms with Gasteiger partial charge in [-0.25, -0.2) is 4.98 Å². The van der Waals surface area contributed by atoms with E-state index in [9.17, 15) is 4.79 Å². The van der Waals surface area contributed by atoms with Gasteiger partial charge < -0.3 is 9.47 Å². The van der Waals surface area contributed by atoms with Gasteiger partial charge in [0.1, 0.15) is 5.82 Å². The highest BCUT2D eigenvalue weighted by atomic mass is 16.2. The standard InChI is InChI=1S/C27H33N3O/c31-27(20-22-11-5-2-6-12-22)29-17-15-23(16-18-29)30-25-14-8-7-13-24(25)28-26(30)19-21-9-3-1-4-10-21/h1,3-4,7-10,13-14,22-23H,2,5-6,11-12,15-20H2. The third-order valence-corrected chi connectivity index (χ3v) is 7.24. The topological polar surface area (TPSA) is 38.1 Å². The van der Waals surface area contributed by atoms with Crippen LogP contribution in [0, 0.1) is 5.92 Å². The lowest BCUT2D eigenvalue weighted by molar-refractivity contribution is -0.133. The Bertz CT molecular complexity index is 1010. The van der Waals surface area contributed by atoms with Crippen LogP contribution in [-0.4, -0.2) is 33.4 Å². The molecule has 2 aromatic carbocycles. The van der Waals surface area contributed by atoms with Crippen molar-refractivity contribution < 1.29 is 4.79 Å². The molecule has 4 heteroatoms. The molecule has 1 saturated heterocycles. The van der Waals surface area contributed by atoms with Gasteiger partial charge in [0.2, 0.25) is 5.91 Å². The molecule has 2 heterocycles. The molecule has 3 aromatic rings. The van der Waals surface area contributed by atoms with E-state index in [-0.39, 0.29) is 0 Å². The first-order chi connectivity index (χ1) is 15.3. The third kappa shape index (κ3) is 4.53. The summed E-state index contributed by atoms with van der Waals surface area (Å²) in [6, 6.07) is 19.5. The Balaban J connectivity index is 1.31. The van der Waals surface area contributed by atoms with Gasteiger partial charge in [-0.05, 0) is 49.3 Å². The van der Waals surface area contributed by atoms with E-state index in [4.69, 9.17) is 4.98 Å². The van der Waals surface area contributed by atoms with Crippen molar-refractivity contribution in [1.29, 1.82) is 0 Å². The van der Waals surface area contributed by atoms with Crippen molar-refractivity contribution in [2.75, 3.05) is 13.1 Å². The summed E-state index contributed by atoms with van der Waals surface area (Å²) in [6.07, 6.45) is 10.1. The molecule has 0 atom stereocenters. The molecule has 1 aliphatic carbocycles. The zero-order valence-electron chi connectivity index (χ0n) is 18.4. The molecule has 1 aliphatic heterocycles. The fourth-order valence-electron chi connectivity index (χ4n) is 5.55. The minimum absolute atomic E-state index is 0.380. The average molecular weight is 416 g/mol. The van der Waals surface area contributed by atoms with E-state index in [2.05, 4.69) is 64.1 Å². The maximum atomic E-state index is 12.9. The molecule has 0 N–H and O–H groups in total. The Kier molecular flexibility index (Phi) is 6.06. The number of benzene rings is 2. The number of carbonyl (C=O) groups excluding carboxylic acids is 1. The number of fused-ring (bicyclic) bond motifs is 1. The summed E-state index contributed by atoms with van der Waals surface area (Å²) in [5.41, 5.74) is 3.59. The highest BCUT2D eigenvalue weighted by Crippen LogP contribution is 2.31. The number of aromatic nitrogens is 2. The quantitative estimate of drug-likeness (QED) is 0.531. The van der Waals surface area contributed by atoms with Gasteiger partial charge in [-0.1, -0.05) is 61.7 Å². The van der Waals surface area contributed by atoms with E-state index in [1.54, 1.807) is 0 Å². The minimum Gasteiger partial charge on any atom is -0.343 e. The zero-order valence-corrected chi connectivity index (χ0v) is 18.4. The Hall–Kier alpha value is -2.62. The van der Waals surface area contributed by atoms with E-state index in [1.807, 2.05) is 0 Å². The van der Waals surface area contributed by atoms with E-state index in [0.717, 1.165) is 50.1 Å². The molecule has 1 aromatic heterocycles. The van der Waals surface area contributed by atoms with E-state index >= 15 is 0 Å². The lowest BCUT2D eigenvalue weighted by Gasteiger charge is -2.35. The lowest BCUT2D eigenvalue weighted by Crippen LogP contribution is -2.40. The second kappa shape index (κ2) is 9.25. The first-order valence-electron chi connectivity index (χ1n) is 12.1. The number of imidazole rings is 1. The first kappa shape index (κ1) is 20.3. The number of carbonyl (C=O) groups is 1. The summed E-state index contributed by atoms with van der Waals surface area (Å²) >= 11 is 0. The number of rotatable bonds is 5. The highest BCUT2D eigenvalue weighted by Gasteiger charge is 2.28. The SMILES string of the molecule is O=C(CC1CCCCC1)N1CCC(n2c(Cc3ccccc3)nc3ccccc32)CC1. The molecule has 1 amide bonds. The number of amides is 1. The maximum absolute atomic E-state index is 12.9. The molecular weight excluding hydrogens is 382 g/mol. The van der Waals surface area contributed by atoms with Gasteiger partial charge >= 0.3 is 0 Å². The predicted octanol–water partition coefficient (Wildman–Crippen LogP) is 5.76. The molecule has 0 bridgehead atoms. The Morgan fingerprint density at radius 1 is 0.871 bits per heavy atom. The van der Waals surface area contributed by atoms with Gasteiger partial charge in [-0.2, -0.15) is 0 Å². The number of para-hydroxylation sites is 2. The number of likely N-dealkylation sites (tertiary alicyclic amines) is 1. The molecule has 2 fully saturated rings. The van der Waals surface area contributed by atoms with Gasteiger partial charge in [-0.15, -0.1) is 0 Å². The largest absolute Gasteiger partial charge is 0.343 e. The molecule has 5 rings (SSSR count). The second-order valence-electron chi connectivity index (χ2n) is 9.37. The molecule has 0 unspecified atom stereocenters. The van der Waals surface area contributed by atoms with Crippen LogP contribution >= 0.6 is 0 Å². The van der Waals surface area contributed by atoms with Crippen molar-refractivity contribution >= 4 is 16.9 Å². The Labute approximate surface area is 185 Å². The lowest BCUT2D eigenvalue weighted by atomic mass is 9.86. The normalized spacial score (nSPS) is 18.5. The van der Waals surface area contributed by atoms with Crippen molar-refractivity contribution in [2.45, 2.75) is 63.8 Å². The smallest absolute Gasteiger partial charge is 0.222 e. The predicted molar refractivity (Wildman–Crippen MR) is 125 cm³/mol. The molecule has 1 saturated carbocycles. The van der Waals surface area contributed by atoms with Crippen LogP contribution in [0.15, 0.2) is 54.6 Å². The van der Waals surface area contributed by atoms with Crippen molar-refractivity contribution in [2.24, 2.45) is 5.92 Å². The van der Waals surface area contributed by atoms with Crippen molar-refractivity contribution in [3.05, 3.63) is 66.0 Å². The second-order valence-corrected chi connectivity index (χ2v) is 9.37. The Morgan fingerprint density at radius 2 is 1.58 bits per heavy atom. The fraction of sp³-hybridized carbons (Fsp3) is 0.481. The molecule has 0 spiro atoms. The third-order valence-electron chi connectivity index (χ3n) is 7.24. The van der Waals surface area contributed by atoms with Crippen LogP contribution in [0.2, 0.25) is 0 Å². The maximum Gasteiger partial charge on any atom is 0.222 e. The summed E-state index contributed by atoms with van der Waals surface area (Å²) < 4.78 is 2.46. The molecular formula is C27H33N3O. The fourth-order valence-corrected chi connectivity index (χ4v) is 5.55. The number of piperidine rings is 1. The van der Waals surface area contributed by atoms with Gasteiger partial charge in [-0.3, -0.25) is 4.79 Å². The molecule has 162 valence electrons. The zero-order chi connectivity index (χ0) is 21.0. The van der Waals surface area contributed by atoms with Crippen LogP contribution in [0.3, 0.4) is 0 Å². The summed E-state index contributed by atoms with van der Waals surface area (Å²) in [7, 11) is 0. The van der Waals surface area contributed by atoms with Crippen LogP contribution in [0.4, 0.5) is 0 Å². The summed E-state index contributed by atoms with van der Waals surface area (Å²) in [5.74, 6) is 2.14. The van der Waals surface area contributed by atoms with Crippen LogP contribution in [0.1, 0.15) is 68.8 Å². The minimum atomic E-state index is 0.380. The van der Waals surface area contributed by atoms with Crippen LogP contribution in [0.25, 0.3) is 11.0 Å². The molecule has 4 nitrogen and oxygen atoms in total. The van der Waals surface area contributed by atoms with Gasteiger partial charge in [0.25, 0.3) is 0 Å². The van der Waals surface area contributed by atoms with E-state index < -0.39 is 0 Å². The summed E-state index contributed by atoms with van der Waals surface area (Å²) in [6.45, 7) is 1.74. The molecule has 0 radical (unpaired) electrons. The molecule has 2 aliphatic rings. The number of hydrogen-bond acceptors (Lipinski definition) is 2. The first-order valence-corrected chi connectivity index (χ1v) is 12.1. The number of nitrogens with zero attached hydrogens (tertiary/aromatic N) is 3. The van der Waals surface area contributed by atoms with E-state index in [1.165, 1.54) is 43.2 Å². The van der Waals surface area contributed by atoms with Crippen LogP contribution in [0.5, 0.6) is 0 Å². The van der Waals surface area contributed by atoms with Crippen molar-refractivity contribution in [3.63, 3.8) is 0 Å². The van der Waals surface area contributed by atoms with Crippen molar-refractivity contribution in [3.8, 4) is 0 Å². The van der Waals surface area contributed by atoms with Crippen molar-refractivity contribution in [1.82, 2.24) is 14.5 Å². The van der Waals surface area contributed by atoms with Crippen LogP contribution < -0.4 is 0 Å². The van der Waals surface area contributed by atoms with Gasteiger partial charge in [0, 0.05) is 32.0 Å². The summed E-state index contributed by atoms with van der Waals surface area (Å²) in [5, 5.41) is 0. The molecule has 31 heavy (non-hydrogen) atoms. The van der Waals surface area contributed by atoms with Gasteiger partial charge in [0.05, 0.1) is 11.0 Å².